The molecule has 0 saturated carbocycles. The minimum Gasteiger partial charge on any atom is -0.462 e. The number of anilines is 1. The smallest absolute Gasteiger partial charge is 0.338 e. The number of sulfonamides is 1. The van der Waals surface area contributed by atoms with E-state index in [4.69, 9.17) is 4.74 Å². The minimum absolute atomic E-state index is 0.0846. The van der Waals surface area contributed by atoms with Gasteiger partial charge in [-0.15, -0.1) is 0 Å². The van der Waals surface area contributed by atoms with Crippen LogP contribution in [0.5, 0.6) is 0 Å². The van der Waals surface area contributed by atoms with Crippen molar-refractivity contribution in [1.82, 2.24) is 9.29 Å². The van der Waals surface area contributed by atoms with Crippen LogP contribution in [0.15, 0.2) is 52.3 Å². The number of carbonyl (C=O) groups is 2. The lowest BCUT2D eigenvalue weighted by Crippen LogP contribution is -2.41. The van der Waals surface area contributed by atoms with E-state index in [1.807, 2.05) is 0 Å². The van der Waals surface area contributed by atoms with Gasteiger partial charge in [-0.1, -0.05) is 23.5 Å². The molecular formula is C23H25N3O7S3. The van der Waals surface area contributed by atoms with E-state index in [2.05, 4.69) is 10.3 Å². The van der Waals surface area contributed by atoms with Gasteiger partial charge in [-0.3, -0.25) is 4.79 Å². The molecule has 0 aliphatic carbocycles. The third-order valence-electron chi connectivity index (χ3n) is 5.82. The Bertz CT molecular complexity index is 1520. The van der Waals surface area contributed by atoms with E-state index >= 15 is 0 Å². The Kier molecular flexibility index (Phi) is 7.46. The van der Waals surface area contributed by atoms with Crippen molar-refractivity contribution in [2.24, 2.45) is 5.92 Å². The predicted octanol–water partition coefficient (Wildman–Crippen LogP) is 2.92. The highest BCUT2D eigenvalue weighted by Gasteiger charge is 2.34. The fourth-order valence-corrected chi connectivity index (χ4v) is 7.97. The molecule has 3 aromatic rings. The summed E-state index contributed by atoms with van der Waals surface area (Å²) in [6.07, 6.45) is 1.53. The van der Waals surface area contributed by atoms with Gasteiger partial charge in [-0.25, -0.2) is 26.6 Å². The number of piperidine rings is 1. The number of aromatic nitrogens is 1. The Morgan fingerprint density at radius 3 is 2.39 bits per heavy atom. The Morgan fingerprint density at radius 2 is 1.75 bits per heavy atom. The lowest BCUT2D eigenvalue weighted by molar-refractivity contribution is -0.120. The van der Waals surface area contributed by atoms with Crippen LogP contribution >= 0.6 is 11.3 Å². The number of amides is 1. The molecule has 1 aliphatic heterocycles. The van der Waals surface area contributed by atoms with Crippen LogP contribution in [0.1, 0.15) is 30.1 Å². The summed E-state index contributed by atoms with van der Waals surface area (Å²) < 4.78 is 57.4. The molecule has 0 bridgehead atoms. The van der Waals surface area contributed by atoms with Crippen molar-refractivity contribution in [3.63, 3.8) is 0 Å². The van der Waals surface area contributed by atoms with Crippen molar-refractivity contribution in [3.05, 3.63) is 48.0 Å². The summed E-state index contributed by atoms with van der Waals surface area (Å²) in [6.45, 7) is 2.17. The number of nitrogens with one attached hydrogen (secondary N) is 1. The van der Waals surface area contributed by atoms with Gasteiger partial charge in [0, 0.05) is 25.3 Å². The first kappa shape index (κ1) is 26.2. The summed E-state index contributed by atoms with van der Waals surface area (Å²) in [5.74, 6) is -1.13. The summed E-state index contributed by atoms with van der Waals surface area (Å²) in [5.41, 5.74) is 1.03. The number of nitrogens with zero attached hydrogens (tertiary/aromatic N) is 2. The first-order valence-electron chi connectivity index (χ1n) is 11.2. The molecule has 13 heteroatoms. The van der Waals surface area contributed by atoms with E-state index in [9.17, 15) is 26.4 Å². The molecular weight excluding hydrogens is 526 g/mol. The number of esters is 1. The second-order valence-corrected chi connectivity index (χ2v) is 13.2. The van der Waals surface area contributed by atoms with E-state index in [1.54, 1.807) is 25.1 Å². The standard InChI is InChI=1S/C23H25N3O7S3/c1-3-33-22(28)16-8-9-17-18(14-16)34-23(24-17)25-21(27)15-10-12-26(13-11-15)36(31,32)20-7-5-4-6-19(20)35(2,29)30/h4-9,14-15H,3,10-13H2,1-2H3,(H,24,25,27). The highest BCUT2D eigenvalue weighted by molar-refractivity contribution is 7.93. The van der Waals surface area contributed by atoms with Crippen molar-refractivity contribution in [2.45, 2.75) is 29.6 Å². The zero-order valence-corrected chi connectivity index (χ0v) is 22.1. The Labute approximate surface area is 213 Å². The minimum atomic E-state index is -4.04. The van der Waals surface area contributed by atoms with Gasteiger partial charge in [0.2, 0.25) is 15.9 Å². The largest absolute Gasteiger partial charge is 0.462 e. The first-order chi connectivity index (χ1) is 17.0. The molecule has 1 aromatic heterocycles. The van der Waals surface area contributed by atoms with Crippen molar-refractivity contribution in [1.29, 1.82) is 0 Å². The first-order valence-corrected chi connectivity index (χ1v) is 15.3. The molecule has 0 spiro atoms. The molecule has 0 atom stereocenters. The SMILES string of the molecule is CCOC(=O)c1ccc2nc(NC(=O)C3CCN(S(=O)(=O)c4ccccc4S(C)(=O)=O)CC3)sc2c1. The quantitative estimate of drug-likeness (QED) is 0.442. The molecule has 0 radical (unpaired) electrons. The van der Waals surface area contributed by atoms with Gasteiger partial charge in [-0.2, -0.15) is 4.31 Å². The molecule has 1 N–H and O–H groups in total. The van der Waals surface area contributed by atoms with Gasteiger partial charge in [0.15, 0.2) is 15.0 Å². The van der Waals surface area contributed by atoms with Crippen LogP contribution in [-0.4, -0.2) is 64.0 Å². The monoisotopic (exact) mass is 551 g/mol. The molecule has 1 aliphatic rings. The molecule has 36 heavy (non-hydrogen) atoms. The molecule has 1 saturated heterocycles. The summed E-state index contributed by atoms with van der Waals surface area (Å²) in [6, 6.07) is 10.5. The van der Waals surface area contributed by atoms with E-state index in [0.717, 1.165) is 11.0 Å². The number of hydrogen-bond acceptors (Lipinski definition) is 9. The topological polar surface area (TPSA) is 140 Å². The molecule has 4 rings (SSSR count). The van der Waals surface area contributed by atoms with E-state index in [-0.39, 0.29) is 48.2 Å². The van der Waals surface area contributed by atoms with Gasteiger partial charge in [-0.05, 0) is 50.1 Å². The second-order valence-electron chi connectivity index (χ2n) is 8.31. The Hall–Kier alpha value is -2.87. The highest BCUT2D eigenvalue weighted by atomic mass is 32.2. The second kappa shape index (κ2) is 10.2. The number of carbonyl (C=O) groups excluding carboxylic acids is 2. The van der Waals surface area contributed by atoms with Gasteiger partial charge < -0.3 is 10.1 Å². The molecule has 10 nitrogen and oxygen atoms in total. The van der Waals surface area contributed by atoms with Crippen molar-refractivity contribution in [2.75, 3.05) is 31.3 Å². The summed E-state index contributed by atoms with van der Waals surface area (Å²) in [4.78, 5) is 28.7. The summed E-state index contributed by atoms with van der Waals surface area (Å²) in [5, 5.41) is 3.18. The zero-order chi connectivity index (χ0) is 26.1. The molecule has 0 unspecified atom stereocenters. The maximum absolute atomic E-state index is 13.2. The van der Waals surface area contributed by atoms with Gasteiger partial charge in [0.25, 0.3) is 0 Å². The Balaban J connectivity index is 1.43. The Morgan fingerprint density at radius 1 is 1.08 bits per heavy atom. The van der Waals surface area contributed by atoms with Gasteiger partial charge in [0.1, 0.15) is 4.90 Å². The number of benzene rings is 2. The molecule has 2 heterocycles. The van der Waals surface area contributed by atoms with Crippen molar-refractivity contribution in [3.8, 4) is 0 Å². The summed E-state index contributed by atoms with van der Waals surface area (Å²) in [7, 11) is -7.78. The molecule has 2 aromatic carbocycles. The van der Waals surface area contributed by atoms with Gasteiger partial charge >= 0.3 is 5.97 Å². The van der Waals surface area contributed by atoms with Crippen LogP contribution < -0.4 is 5.32 Å². The number of rotatable bonds is 7. The molecule has 1 amide bonds. The van der Waals surface area contributed by atoms with E-state index < -0.39 is 31.7 Å². The van der Waals surface area contributed by atoms with Crippen LogP contribution in [0.25, 0.3) is 10.2 Å². The van der Waals surface area contributed by atoms with Crippen LogP contribution in [0.3, 0.4) is 0 Å². The lowest BCUT2D eigenvalue weighted by atomic mass is 9.97. The fourth-order valence-electron chi connectivity index (χ4n) is 3.99. The van der Waals surface area contributed by atoms with Crippen LogP contribution in [0.2, 0.25) is 0 Å². The van der Waals surface area contributed by atoms with Crippen LogP contribution in [-0.2, 0) is 29.4 Å². The number of thiazole rings is 1. The lowest BCUT2D eigenvalue weighted by Gasteiger charge is -2.30. The number of fused-ring (bicyclic) bond motifs is 1. The van der Waals surface area contributed by atoms with Crippen molar-refractivity contribution >= 4 is 58.4 Å². The van der Waals surface area contributed by atoms with Crippen LogP contribution in [0.4, 0.5) is 5.13 Å². The van der Waals surface area contributed by atoms with E-state index in [0.29, 0.717) is 16.2 Å². The number of sulfone groups is 1. The summed E-state index contributed by atoms with van der Waals surface area (Å²) >= 11 is 1.23. The third-order valence-corrected chi connectivity index (χ3v) is 10.00. The molecule has 1 fully saturated rings. The number of ether oxygens (including phenoxy) is 1. The van der Waals surface area contributed by atoms with Gasteiger partial charge in [0.05, 0.1) is 27.3 Å². The zero-order valence-electron chi connectivity index (χ0n) is 19.6. The van der Waals surface area contributed by atoms with Crippen molar-refractivity contribution < 1.29 is 31.2 Å². The molecule has 192 valence electrons. The third kappa shape index (κ3) is 5.43. The maximum Gasteiger partial charge on any atom is 0.338 e. The van der Waals surface area contributed by atoms with E-state index in [1.165, 1.54) is 39.9 Å². The predicted molar refractivity (Wildman–Crippen MR) is 135 cm³/mol. The number of hydrogen-bond donors (Lipinski definition) is 1. The normalized spacial score (nSPS) is 15.6. The van der Waals surface area contributed by atoms with Crippen LogP contribution in [0, 0.1) is 5.92 Å². The average Bonchev–Trinajstić information content (AvgIpc) is 3.25. The average molecular weight is 552 g/mol. The fraction of sp³-hybridized carbons (Fsp3) is 0.348. The maximum atomic E-state index is 13.2. The highest BCUT2D eigenvalue weighted by Crippen LogP contribution is 2.30.